The van der Waals surface area contributed by atoms with Gasteiger partial charge in [0.05, 0.1) is 12.0 Å². The van der Waals surface area contributed by atoms with Crippen LogP contribution in [0.4, 0.5) is 10.6 Å². The van der Waals surface area contributed by atoms with Gasteiger partial charge in [-0.25, -0.2) is 19.5 Å². The Hall–Kier alpha value is -3.46. The lowest BCUT2D eigenvalue weighted by Gasteiger charge is -2.43. The second-order valence-electron chi connectivity index (χ2n) is 8.79. The summed E-state index contributed by atoms with van der Waals surface area (Å²) < 4.78 is 0. The minimum absolute atomic E-state index is 0.181. The van der Waals surface area contributed by atoms with Gasteiger partial charge < -0.3 is 16.2 Å². The Bertz CT molecular complexity index is 1050. The Labute approximate surface area is 192 Å². The van der Waals surface area contributed by atoms with E-state index in [0.717, 1.165) is 35.7 Å². The van der Waals surface area contributed by atoms with Crippen molar-refractivity contribution >= 4 is 23.7 Å². The molecule has 9 nitrogen and oxygen atoms in total. The first-order valence-corrected chi connectivity index (χ1v) is 11.2. The lowest BCUT2D eigenvalue weighted by molar-refractivity contribution is -0.165. The summed E-state index contributed by atoms with van der Waals surface area (Å²) in [6.45, 7) is 4.88. The van der Waals surface area contributed by atoms with Crippen LogP contribution in [0.1, 0.15) is 42.5 Å². The number of imide groups is 1. The van der Waals surface area contributed by atoms with Crippen molar-refractivity contribution in [2.45, 2.75) is 44.8 Å². The summed E-state index contributed by atoms with van der Waals surface area (Å²) in [5, 5.41) is 12.5. The van der Waals surface area contributed by atoms with Crippen LogP contribution in [0.25, 0.3) is 0 Å². The van der Waals surface area contributed by atoms with Crippen molar-refractivity contribution in [1.29, 1.82) is 0 Å². The van der Waals surface area contributed by atoms with Gasteiger partial charge in [0, 0.05) is 12.7 Å². The number of anilines is 1. The Kier molecular flexibility index (Phi) is 6.60. The van der Waals surface area contributed by atoms with Crippen molar-refractivity contribution in [1.82, 2.24) is 20.1 Å². The second kappa shape index (κ2) is 9.58. The number of carbonyl (C=O) groups excluding carboxylic acids is 2. The number of rotatable bonds is 7. The maximum atomic E-state index is 12.8. The van der Waals surface area contributed by atoms with Gasteiger partial charge in [-0.1, -0.05) is 24.3 Å². The molecular weight excluding hydrogens is 422 g/mol. The number of β-lactam (4-membered cyclic amide) rings is 1. The third kappa shape index (κ3) is 4.98. The lowest BCUT2D eigenvalue weighted by atomic mass is 9.82. The zero-order valence-corrected chi connectivity index (χ0v) is 18.6. The van der Waals surface area contributed by atoms with Gasteiger partial charge in [0.25, 0.3) is 0 Å². The van der Waals surface area contributed by atoms with Gasteiger partial charge in [0.15, 0.2) is 6.04 Å². The molecule has 33 heavy (non-hydrogen) atoms. The fourth-order valence-corrected chi connectivity index (χ4v) is 4.63. The Morgan fingerprint density at radius 3 is 2.67 bits per heavy atom. The zero-order valence-electron chi connectivity index (χ0n) is 18.6. The number of carboxylic acid groups (broad SMARTS) is 1. The number of nitrogen functional groups attached to an aromatic ring is 1. The molecular formula is C24H29N5O4. The van der Waals surface area contributed by atoms with E-state index in [4.69, 9.17) is 5.73 Å². The zero-order chi connectivity index (χ0) is 23.5. The molecule has 0 radical (unpaired) electrons. The van der Waals surface area contributed by atoms with Crippen LogP contribution in [-0.2, 0) is 22.6 Å². The van der Waals surface area contributed by atoms with Gasteiger partial charge in [-0.3, -0.25) is 9.69 Å². The summed E-state index contributed by atoms with van der Waals surface area (Å²) in [5.41, 5.74) is 8.45. The van der Waals surface area contributed by atoms with Crippen molar-refractivity contribution in [2.75, 3.05) is 18.8 Å². The minimum atomic E-state index is -1.22. The van der Waals surface area contributed by atoms with E-state index in [1.54, 1.807) is 12.1 Å². The van der Waals surface area contributed by atoms with Crippen LogP contribution in [-0.4, -0.2) is 56.9 Å². The number of carboxylic acids is 1. The smallest absolute Gasteiger partial charge is 0.327 e. The van der Waals surface area contributed by atoms with Crippen molar-refractivity contribution in [3.63, 3.8) is 0 Å². The number of carbonyl (C=O) groups is 3. The number of hydrogen-bond donors (Lipinski definition) is 3. The number of benzene rings is 1. The number of pyridine rings is 1. The number of aliphatic carboxylic acids is 1. The van der Waals surface area contributed by atoms with Gasteiger partial charge in [0.1, 0.15) is 5.82 Å². The molecule has 3 amide bonds. The van der Waals surface area contributed by atoms with Crippen molar-refractivity contribution < 1.29 is 19.5 Å². The van der Waals surface area contributed by atoms with E-state index in [0.29, 0.717) is 11.4 Å². The molecule has 0 spiro atoms. The van der Waals surface area contributed by atoms with Crippen molar-refractivity contribution in [3.05, 3.63) is 59.3 Å². The molecule has 0 saturated carbocycles. The fourth-order valence-electron chi connectivity index (χ4n) is 4.63. The molecule has 0 aliphatic carbocycles. The Balaban J connectivity index is 1.41. The van der Waals surface area contributed by atoms with E-state index in [-0.39, 0.29) is 12.5 Å². The van der Waals surface area contributed by atoms with Crippen LogP contribution in [0.2, 0.25) is 0 Å². The molecule has 0 unspecified atom stereocenters. The summed E-state index contributed by atoms with van der Waals surface area (Å²) in [6.07, 6.45) is 4.13. The highest BCUT2D eigenvalue weighted by Gasteiger charge is 2.54. The third-order valence-corrected chi connectivity index (χ3v) is 6.38. The van der Waals surface area contributed by atoms with E-state index < -0.39 is 29.9 Å². The van der Waals surface area contributed by atoms with Crippen LogP contribution in [0, 0.1) is 5.92 Å². The lowest BCUT2D eigenvalue weighted by Crippen LogP contribution is -2.68. The second-order valence-corrected chi connectivity index (χ2v) is 8.79. The highest BCUT2D eigenvalue weighted by atomic mass is 16.4. The van der Waals surface area contributed by atoms with Gasteiger partial charge in [0.2, 0.25) is 5.91 Å². The van der Waals surface area contributed by atoms with Crippen LogP contribution in [0.5, 0.6) is 0 Å². The first kappa shape index (κ1) is 22.7. The fraction of sp³-hybridized carbons (Fsp3) is 0.417. The predicted octanol–water partition coefficient (Wildman–Crippen LogP) is 2.18. The van der Waals surface area contributed by atoms with Gasteiger partial charge in [-0.15, -0.1) is 0 Å². The van der Waals surface area contributed by atoms with Crippen LogP contribution in [0.3, 0.4) is 0 Å². The molecule has 3 atom stereocenters. The number of urea groups is 1. The topological polar surface area (TPSA) is 129 Å². The molecule has 1 aromatic carbocycles. The number of aromatic nitrogens is 1. The Morgan fingerprint density at radius 1 is 1.21 bits per heavy atom. The van der Waals surface area contributed by atoms with E-state index in [2.05, 4.69) is 21.3 Å². The minimum Gasteiger partial charge on any atom is -0.480 e. The third-order valence-electron chi connectivity index (χ3n) is 6.38. The highest BCUT2D eigenvalue weighted by Crippen LogP contribution is 2.31. The number of likely N-dealkylation sites (tertiary alicyclic amines) is 2. The summed E-state index contributed by atoms with van der Waals surface area (Å²) in [4.78, 5) is 44.5. The SMILES string of the molecule is C[C@@H](NC(=O)N1C(=O)[C@H](Cc2ccnc(N)c2)[C@H]1C(=O)O)c1cccc(CN2CCCC2)c1. The van der Waals surface area contributed by atoms with Gasteiger partial charge in [-0.2, -0.15) is 0 Å². The molecule has 9 heteroatoms. The first-order chi connectivity index (χ1) is 15.8. The number of amides is 3. The van der Waals surface area contributed by atoms with Crippen LogP contribution in [0.15, 0.2) is 42.6 Å². The molecule has 1 aromatic heterocycles. The van der Waals surface area contributed by atoms with Crippen molar-refractivity contribution in [2.24, 2.45) is 5.92 Å². The van der Waals surface area contributed by atoms with Crippen molar-refractivity contribution in [3.8, 4) is 0 Å². The molecule has 2 aliphatic heterocycles. The van der Waals surface area contributed by atoms with E-state index >= 15 is 0 Å². The summed E-state index contributed by atoms with van der Waals surface area (Å²) in [7, 11) is 0. The molecule has 174 valence electrons. The average molecular weight is 452 g/mol. The summed E-state index contributed by atoms with van der Waals surface area (Å²) in [6, 6.07) is 8.97. The molecule has 4 rings (SSSR count). The molecule has 0 bridgehead atoms. The molecule has 3 heterocycles. The normalized spacial score (nSPS) is 21.5. The summed E-state index contributed by atoms with van der Waals surface area (Å²) >= 11 is 0. The number of hydrogen-bond acceptors (Lipinski definition) is 6. The van der Waals surface area contributed by atoms with Crippen LogP contribution < -0.4 is 11.1 Å². The van der Waals surface area contributed by atoms with E-state index in [9.17, 15) is 19.5 Å². The quantitative estimate of drug-likeness (QED) is 0.550. The molecule has 2 saturated heterocycles. The number of nitrogens with one attached hydrogen (secondary N) is 1. The average Bonchev–Trinajstić information content (AvgIpc) is 3.28. The van der Waals surface area contributed by atoms with Gasteiger partial charge in [-0.05, 0) is 68.1 Å². The van der Waals surface area contributed by atoms with E-state index in [1.165, 1.54) is 19.0 Å². The van der Waals surface area contributed by atoms with Crippen LogP contribution >= 0.6 is 0 Å². The first-order valence-electron chi connectivity index (χ1n) is 11.2. The molecule has 2 fully saturated rings. The predicted molar refractivity (Wildman–Crippen MR) is 122 cm³/mol. The number of nitrogens with zero attached hydrogens (tertiary/aromatic N) is 3. The number of nitrogens with two attached hydrogens (primary N) is 1. The highest BCUT2D eigenvalue weighted by molar-refractivity contribution is 6.07. The Morgan fingerprint density at radius 2 is 1.97 bits per heavy atom. The standard InChI is InChI=1S/C24H29N5O4/c1-15(18-6-4-5-17(11-18)14-28-9-2-3-10-28)27-24(33)29-21(23(31)32)19(22(29)30)12-16-7-8-26-20(25)13-16/h4-8,11,13,15,19,21H,2-3,9-10,12,14H2,1H3,(H2,25,26)(H,27,33)(H,31,32)/t15-,19-,21+/m1/s1. The maximum absolute atomic E-state index is 12.8. The molecule has 2 aromatic rings. The molecule has 2 aliphatic rings. The van der Waals surface area contributed by atoms with Gasteiger partial charge >= 0.3 is 12.0 Å². The molecule has 4 N–H and O–H groups in total. The summed E-state index contributed by atoms with van der Waals surface area (Å²) in [5.74, 6) is -2.25. The monoisotopic (exact) mass is 451 g/mol. The van der Waals surface area contributed by atoms with E-state index in [1.807, 2.05) is 25.1 Å². The largest absolute Gasteiger partial charge is 0.480 e. The maximum Gasteiger partial charge on any atom is 0.327 e.